The number of aromatic nitrogens is 2. The van der Waals surface area contributed by atoms with Gasteiger partial charge in [-0.3, -0.25) is 4.98 Å². The molecule has 0 saturated heterocycles. The van der Waals surface area contributed by atoms with Crippen LogP contribution in [0.1, 0.15) is 15.9 Å². The van der Waals surface area contributed by atoms with Crippen LogP contribution in [-0.2, 0) is 6.54 Å². The van der Waals surface area contributed by atoms with E-state index in [0.717, 1.165) is 5.56 Å². The Morgan fingerprint density at radius 2 is 2.28 bits per heavy atom. The van der Waals surface area contributed by atoms with Crippen molar-refractivity contribution in [3.05, 3.63) is 52.9 Å². The number of carbonyl (C=O) groups is 1. The largest absolute Gasteiger partial charge is 0.478 e. The van der Waals surface area contributed by atoms with Crippen LogP contribution in [-0.4, -0.2) is 21.0 Å². The predicted octanol–water partition coefficient (Wildman–Crippen LogP) is 2.44. The minimum Gasteiger partial charge on any atom is -0.478 e. The third kappa shape index (κ3) is 3.18. The van der Waals surface area contributed by atoms with Gasteiger partial charge >= 0.3 is 5.97 Å². The molecule has 2 aromatic heterocycles. The number of pyridine rings is 2. The molecule has 0 spiro atoms. The fourth-order valence-corrected chi connectivity index (χ4v) is 1.61. The summed E-state index contributed by atoms with van der Waals surface area (Å²) in [6.45, 7) is 0.500. The van der Waals surface area contributed by atoms with Crippen molar-refractivity contribution in [1.82, 2.24) is 9.97 Å². The zero-order chi connectivity index (χ0) is 13.0. The number of carboxylic acid groups (broad SMARTS) is 1. The molecule has 2 N–H and O–H groups in total. The summed E-state index contributed by atoms with van der Waals surface area (Å²) in [5.41, 5.74) is 1.07. The molecule has 0 unspecified atom stereocenters. The molecule has 92 valence electrons. The Kier molecular flexibility index (Phi) is 3.74. The zero-order valence-electron chi connectivity index (χ0n) is 9.30. The number of aromatic carboxylic acids is 1. The van der Waals surface area contributed by atoms with E-state index in [1.807, 2.05) is 12.1 Å². The first kappa shape index (κ1) is 12.3. The van der Waals surface area contributed by atoms with Gasteiger partial charge in [0.1, 0.15) is 11.0 Å². The maximum Gasteiger partial charge on any atom is 0.335 e. The first-order valence-corrected chi connectivity index (χ1v) is 5.56. The van der Waals surface area contributed by atoms with Crippen LogP contribution in [0.25, 0.3) is 0 Å². The molecule has 2 aromatic rings. The fourth-order valence-electron chi connectivity index (χ4n) is 1.41. The van der Waals surface area contributed by atoms with Gasteiger partial charge in [0.05, 0.1) is 5.56 Å². The molecular weight excluding hydrogens is 254 g/mol. The SMILES string of the molecule is O=C(O)c1cc(Cl)nc(NCc2cccnc2)c1. The van der Waals surface area contributed by atoms with Gasteiger partial charge in [0, 0.05) is 18.9 Å². The van der Waals surface area contributed by atoms with Crippen LogP contribution >= 0.6 is 11.6 Å². The lowest BCUT2D eigenvalue weighted by Gasteiger charge is -2.06. The van der Waals surface area contributed by atoms with E-state index in [1.165, 1.54) is 12.1 Å². The molecule has 0 aliphatic carbocycles. The number of nitrogens with one attached hydrogen (secondary N) is 1. The van der Waals surface area contributed by atoms with Gasteiger partial charge in [-0.15, -0.1) is 0 Å². The van der Waals surface area contributed by atoms with Crippen LogP contribution in [0.2, 0.25) is 5.15 Å². The molecule has 0 fully saturated rings. The third-order valence-corrected chi connectivity index (χ3v) is 2.43. The summed E-state index contributed by atoms with van der Waals surface area (Å²) in [7, 11) is 0. The van der Waals surface area contributed by atoms with E-state index in [2.05, 4.69) is 15.3 Å². The van der Waals surface area contributed by atoms with E-state index in [4.69, 9.17) is 16.7 Å². The highest BCUT2D eigenvalue weighted by Crippen LogP contribution is 2.15. The molecule has 2 rings (SSSR count). The van der Waals surface area contributed by atoms with Crippen molar-refractivity contribution >= 4 is 23.4 Å². The van der Waals surface area contributed by atoms with Crippen molar-refractivity contribution in [1.29, 1.82) is 0 Å². The highest BCUT2D eigenvalue weighted by molar-refractivity contribution is 6.29. The fraction of sp³-hybridized carbons (Fsp3) is 0.0833. The number of nitrogens with zero attached hydrogens (tertiary/aromatic N) is 2. The van der Waals surface area contributed by atoms with Gasteiger partial charge in [-0.05, 0) is 23.8 Å². The second kappa shape index (κ2) is 5.46. The van der Waals surface area contributed by atoms with Crippen molar-refractivity contribution in [3.8, 4) is 0 Å². The van der Waals surface area contributed by atoms with Crippen LogP contribution in [0.15, 0.2) is 36.7 Å². The van der Waals surface area contributed by atoms with Crippen molar-refractivity contribution < 1.29 is 9.90 Å². The molecular formula is C12H10ClN3O2. The quantitative estimate of drug-likeness (QED) is 0.829. The Morgan fingerprint density at radius 3 is 2.94 bits per heavy atom. The molecule has 5 nitrogen and oxygen atoms in total. The lowest BCUT2D eigenvalue weighted by Crippen LogP contribution is -2.04. The van der Waals surface area contributed by atoms with Crippen LogP contribution in [0.4, 0.5) is 5.82 Å². The summed E-state index contributed by atoms with van der Waals surface area (Å²) in [6, 6.07) is 6.47. The van der Waals surface area contributed by atoms with Gasteiger partial charge in [-0.25, -0.2) is 9.78 Å². The van der Waals surface area contributed by atoms with E-state index in [-0.39, 0.29) is 10.7 Å². The number of carboxylic acids is 1. The van der Waals surface area contributed by atoms with Crippen LogP contribution in [0.5, 0.6) is 0 Å². The van der Waals surface area contributed by atoms with E-state index < -0.39 is 5.97 Å². The summed E-state index contributed by atoms with van der Waals surface area (Å²) in [4.78, 5) is 18.8. The second-order valence-electron chi connectivity index (χ2n) is 3.58. The summed E-state index contributed by atoms with van der Waals surface area (Å²) in [5.74, 6) is -0.618. The predicted molar refractivity (Wildman–Crippen MR) is 67.8 cm³/mol. The standard InChI is InChI=1S/C12H10ClN3O2/c13-10-4-9(12(17)18)5-11(16-10)15-7-8-2-1-3-14-6-8/h1-6H,7H2,(H,15,16)(H,17,18). The molecule has 0 radical (unpaired) electrons. The van der Waals surface area contributed by atoms with Gasteiger partial charge in [0.15, 0.2) is 0 Å². The van der Waals surface area contributed by atoms with Crippen molar-refractivity contribution in [2.75, 3.05) is 5.32 Å². The Bertz CT molecular complexity index is 561. The van der Waals surface area contributed by atoms with Crippen molar-refractivity contribution in [2.24, 2.45) is 0 Å². The first-order valence-electron chi connectivity index (χ1n) is 5.19. The van der Waals surface area contributed by atoms with Gasteiger partial charge < -0.3 is 10.4 Å². The minimum absolute atomic E-state index is 0.101. The van der Waals surface area contributed by atoms with Crippen LogP contribution in [0, 0.1) is 0 Å². The Morgan fingerprint density at radius 1 is 1.44 bits per heavy atom. The number of hydrogen-bond acceptors (Lipinski definition) is 4. The number of anilines is 1. The molecule has 0 saturated carbocycles. The average Bonchev–Trinajstić information content (AvgIpc) is 2.37. The third-order valence-electron chi connectivity index (χ3n) is 2.24. The van der Waals surface area contributed by atoms with E-state index >= 15 is 0 Å². The van der Waals surface area contributed by atoms with Gasteiger partial charge in [0.25, 0.3) is 0 Å². The molecule has 0 aromatic carbocycles. The normalized spacial score (nSPS) is 10.1. The first-order chi connectivity index (χ1) is 8.65. The Balaban J connectivity index is 2.12. The molecule has 0 atom stereocenters. The lowest BCUT2D eigenvalue weighted by atomic mass is 10.2. The number of halogens is 1. The lowest BCUT2D eigenvalue weighted by molar-refractivity contribution is 0.0697. The van der Waals surface area contributed by atoms with Crippen molar-refractivity contribution in [2.45, 2.75) is 6.54 Å². The van der Waals surface area contributed by atoms with E-state index in [1.54, 1.807) is 12.4 Å². The molecule has 0 aliphatic heterocycles. The highest BCUT2D eigenvalue weighted by atomic mass is 35.5. The Labute approximate surface area is 108 Å². The molecule has 6 heteroatoms. The average molecular weight is 264 g/mol. The molecule has 2 heterocycles. The zero-order valence-corrected chi connectivity index (χ0v) is 10.1. The second-order valence-corrected chi connectivity index (χ2v) is 3.97. The van der Waals surface area contributed by atoms with E-state index in [0.29, 0.717) is 12.4 Å². The Hall–Kier alpha value is -2.14. The van der Waals surface area contributed by atoms with Gasteiger partial charge in [-0.2, -0.15) is 0 Å². The smallest absolute Gasteiger partial charge is 0.335 e. The van der Waals surface area contributed by atoms with Crippen molar-refractivity contribution in [3.63, 3.8) is 0 Å². The van der Waals surface area contributed by atoms with Gasteiger partial charge in [0.2, 0.25) is 0 Å². The summed E-state index contributed by atoms with van der Waals surface area (Å²) < 4.78 is 0. The summed E-state index contributed by atoms with van der Waals surface area (Å²) in [5, 5.41) is 12.0. The highest BCUT2D eigenvalue weighted by Gasteiger charge is 2.07. The minimum atomic E-state index is -1.04. The molecule has 0 bridgehead atoms. The number of hydrogen-bond donors (Lipinski definition) is 2. The summed E-state index contributed by atoms with van der Waals surface area (Å²) >= 11 is 5.75. The van der Waals surface area contributed by atoms with Crippen LogP contribution < -0.4 is 5.32 Å². The maximum absolute atomic E-state index is 10.9. The molecule has 0 aliphatic rings. The molecule has 0 amide bonds. The monoisotopic (exact) mass is 263 g/mol. The summed E-state index contributed by atoms with van der Waals surface area (Å²) in [6.07, 6.45) is 3.40. The number of rotatable bonds is 4. The van der Waals surface area contributed by atoms with E-state index in [9.17, 15) is 4.79 Å². The van der Waals surface area contributed by atoms with Crippen LogP contribution in [0.3, 0.4) is 0 Å². The topological polar surface area (TPSA) is 75.1 Å². The maximum atomic E-state index is 10.9. The van der Waals surface area contributed by atoms with Gasteiger partial charge in [-0.1, -0.05) is 17.7 Å². The molecule has 18 heavy (non-hydrogen) atoms.